The molecule has 1 atom stereocenters. The molecule has 0 unspecified atom stereocenters. The average molecular weight is 639 g/mol. The normalized spacial score (nSPS) is 12.4. The van der Waals surface area contributed by atoms with Crippen LogP contribution in [0.3, 0.4) is 0 Å². The minimum absolute atomic E-state index is 0.0647. The van der Waals surface area contributed by atoms with Crippen molar-refractivity contribution < 1.29 is 27.1 Å². The van der Waals surface area contributed by atoms with E-state index in [1.807, 2.05) is 0 Å². The lowest BCUT2D eigenvalue weighted by Crippen LogP contribution is -2.54. The molecule has 2 amide bonds. The van der Waals surface area contributed by atoms with Gasteiger partial charge in [-0.15, -0.1) is 0 Å². The summed E-state index contributed by atoms with van der Waals surface area (Å²) < 4.78 is 47.9. The van der Waals surface area contributed by atoms with Crippen LogP contribution in [-0.2, 0) is 26.2 Å². The van der Waals surface area contributed by atoms with Gasteiger partial charge in [0.15, 0.2) is 0 Å². The molecule has 0 fully saturated rings. The van der Waals surface area contributed by atoms with E-state index in [4.69, 9.17) is 27.9 Å². The Kier molecular flexibility index (Phi) is 10.9. The monoisotopic (exact) mass is 637 g/mol. The van der Waals surface area contributed by atoms with E-state index in [0.29, 0.717) is 22.9 Å². The molecule has 0 aliphatic carbocycles. The van der Waals surface area contributed by atoms with Crippen LogP contribution >= 0.6 is 23.2 Å². The number of anilines is 1. The lowest BCUT2D eigenvalue weighted by molar-refractivity contribution is -0.140. The van der Waals surface area contributed by atoms with Crippen LogP contribution in [0.4, 0.5) is 10.1 Å². The molecule has 42 heavy (non-hydrogen) atoms. The van der Waals surface area contributed by atoms with Crippen LogP contribution in [0.15, 0.2) is 71.6 Å². The van der Waals surface area contributed by atoms with Crippen molar-refractivity contribution in [3.05, 3.63) is 88.2 Å². The molecule has 0 aromatic heterocycles. The number of carbonyl (C=O) groups excluding carboxylic acids is 2. The Morgan fingerprint density at radius 2 is 1.62 bits per heavy atom. The van der Waals surface area contributed by atoms with Crippen molar-refractivity contribution in [3.63, 3.8) is 0 Å². The Bertz CT molecular complexity index is 1510. The highest BCUT2D eigenvalue weighted by Gasteiger charge is 2.33. The number of ether oxygens (including phenoxy) is 1. The molecule has 3 rings (SSSR count). The van der Waals surface area contributed by atoms with Gasteiger partial charge in [-0.2, -0.15) is 0 Å². The van der Waals surface area contributed by atoms with Crippen molar-refractivity contribution in [2.24, 2.45) is 0 Å². The van der Waals surface area contributed by atoms with Gasteiger partial charge in [-0.1, -0.05) is 29.3 Å². The van der Waals surface area contributed by atoms with Crippen LogP contribution < -0.4 is 14.4 Å². The van der Waals surface area contributed by atoms with E-state index in [1.165, 1.54) is 47.4 Å². The van der Waals surface area contributed by atoms with Gasteiger partial charge in [0.1, 0.15) is 24.2 Å². The lowest BCUT2D eigenvalue weighted by atomic mass is 10.1. The first-order valence-electron chi connectivity index (χ1n) is 13.2. The van der Waals surface area contributed by atoms with Crippen LogP contribution in [0.2, 0.25) is 10.0 Å². The molecule has 226 valence electrons. The molecule has 12 heteroatoms. The van der Waals surface area contributed by atoms with Gasteiger partial charge in [0.25, 0.3) is 10.0 Å². The summed E-state index contributed by atoms with van der Waals surface area (Å²) in [6.45, 7) is 8.38. The van der Waals surface area contributed by atoms with E-state index in [1.54, 1.807) is 46.8 Å². The van der Waals surface area contributed by atoms with E-state index in [2.05, 4.69) is 5.32 Å². The van der Waals surface area contributed by atoms with Crippen molar-refractivity contribution >= 4 is 50.7 Å². The second-order valence-electron chi connectivity index (χ2n) is 10.6. The molecule has 0 aliphatic heterocycles. The first kappa shape index (κ1) is 33.2. The predicted molar refractivity (Wildman–Crippen MR) is 163 cm³/mol. The lowest BCUT2D eigenvalue weighted by Gasteiger charge is -2.33. The number of amides is 2. The fraction of sp³-hybridized carbons (Fsp3) is 0.333. The van der Waals surface area contributed by atoms with Crippen LogP contribution in [-0.4, -0.2) is 49.9 Å². The zero-order chi connectivity index (χ0) is 31.2. The summed E-state index contributed by atoms with van der Waals surface area (Å²) in [6, 6.07) is 14.2. The maximum absolute atomic E-state index is 14.0. The van der Waals surface area contributed by atoms with Crippen molar-refractivity contribution in [3.8, 4) is 5.75 Å². The molecular formula is C30H34Cl2FN3O5S. The number of carbonyl (C=O) groups is 2. The summed E-state index contributed by atoms with van der Waals surface area (Å²) in [6.07, 6.45) is 0. The fourth-order valence-corrected chi connectivity index (χ4v) is 5.91. The van der Waals surface area contributed by atoms with Crippen molar-refractivity contribution in [1.29, 1.82) is 0 Å². The SMILES string of the molecule is CCOc1ccc(S(=O)(=O)N(CC(=O)N(Cc2ccc(Cl)cc2Cl)[C@@H](C)C(=O)NC(C)(C)C)c2ccc(F)cc2)cc1. The topological polar surface area (TPSA) is 96.0 Å². The minimum atomic E-state index is -4.32. The largest absolute Gasteiger partial charge is 0.494 e. The molecule has 0 saturated carbocycles. The first-order chi connectivity index (χ1) is 19.6. The van der Waals surface area contributed by atoms with Crippen LogP contribution in [0.1, 0.15) is 40.2 Å². The van der Waals surface area contributed by atoms with Crippen molar-refractivity contribution in [2.75, 3.05) is 17.5 Å². The Labute approximate surface area is 256 Å². The third-order valence-corrected chi connectivity index (χ3v) is 8.51. The van der Waals surface area contributed by atoms with Gasteiger partial charge in [-0.25, -0.2) is 12.8 Å². The molecule has 0 radical (unpaired) electrons. The van der Waals surface area contributed by atoms with Gasteiger partial charge in [-0.05, 0) is 101 Å². The van der Waals surface area contributed by atoms with Crippen molar-refractivity contribution in [2.45, 2.75) is 57.6 Å². The minimum Gasteiger partial charge on any atom is -0.494 e. The summed E-state index contributed by atoms with van der Waals surface area (Å²) in [7, 11) is -4.32. The van der Waals surface area contributed by atoms with E-state index < -0.39 is 45.8 Å². The number of benzene rings is 3. The number of sulfonamides is 1. The summed E-state index contributed by atoms with van der Waals surface area (Å²) in [4.78, 5) is 28.3. The van der Waals surface area contributed by atoms with Crippen LogP contribution in [0, 0.1) is 5.82 Å². The molecule has 0 spiro atoms. The van der Waals surface area contributed by atoms with E-state index in [9.17, 15) is 22.4 Å². The standard InChI is InChI=1S/C30H34Cl2FN3O5S/c1-6-41-25-13-15-26(16-14-25)42(39,40)36(24-11-9-23(33)10-12-24)19-28(37)35(20(2)29(38)34-30(3,4)5)18-21-7-8-22(31)17-27(21)32/h7-17,20H,6,18-19H2,1-5H3,(H,34,38)/t20-/m0/s1. The van der Waals surface area contributed by atoms with Gasteiger partial charge in [0.05, 0.1) is 17.2 Å². The molecule has 0 heterocycles. The average Bonchev–Trinajstić information content (AvgIpc) is 2.91. The molecular weight excluding hydrogens is 604 g/mol. The number of nitrogens with one attached hydrogen (secondary N) is 1. The van der Waals surface area contributed by atoms with Gasteiger partial charge < -0.3 is 15.0 Å². The second-order valence-corrected chi connectivity index (χ2v) is 13.3. The summed E-state index contributed by atoms with van der Waals surface area (Å²) in [5, 5.41) is 3.53. The zero-order valence-corrected chi connectivity index (χ0v) is 26.4. The Balaban J connectivity index is 2.05. The third kappa shape index (κ3) is 8.59. The van der Waals surface area contributed by atoms with Crippen molar-refractivity contribution in [1.82, 2.24) is 10.2 Å². The molecule has 8 nitrogen and oxygen atoms in total. The second kappa shape index (κ2) is 13.8. The molecule has 3 aromatic rings. The maximum Gasteiger partial charge on any atom is 0.264 e. The number of hydrogen-bond acceptors (Lipinski definition) is 5. The van der Waals surface area contributed by atoms with Gasteiger partial charge in [0, 0.05) is 22.1 Å². The van der Waals surface area contributed by atoms with Gasteiger partial charge in [0.2, 0.25) is 11.8 Å². The molecule has 3 aromatic carbocycles. The first-order valence-corrected chi connectivity index (χ1v) is 15.4. The van der Waals surface area contributed by atoms with Crippen LogP contribution in [0.5, 0.6) is 5.75 Å². The Morgan fingerprint density at radius 1 is 1.00 bits per heavy atom. The Morgan fingerprint density at radius 3 is 2.17 bits per heavy atom. The maximum atomic E-state index is 14.0. The summed E-state index contributed by atoms with van der Waals surface area (Å²) in [5.74, 6) is -1.22. The van der Waals surface area contributed by atoms with E-state index in [-0.39, 0.29) is 22.2 Å². The predicted octanol–water partition coefficient (Wildman–Crippen LogP) is 6.06. The number of rotatable bonds is 11. The van der Waals surface area contributed by atoms with E-state index >= 15 is 0 Å². The van der Waals surface area contributed by atoms with Gasteiger partial charge >= 0.3 is 0 Å². The number of nitrogens with zero attached hydrogens (tertiary/aromatic N) is 2. The zero-order valence-electron chi connectivity index (χ0n) is 24.0. The van der Waals surface area contributed by atoms with Gasteiger partial charge in [-0.3, -0.25) is 13.9 Å². The molecule has 0 bridgehead atoms. The molecule has 0 aliphatic rings. The summed E-state index contributed by atoms with van der Waals surface area (Å²) in [5.41, 5.74) is -0.0165. The quantitative estimate of drug-likeness (QED) is 0.276. The van der Waals surface area contributed by atoms with E-state index in [0.717, 1.165) is 16.4 Å². The highest BCUT2D eigenvalue weighted by molar-refractivity contribution is 7.92. The molecule has 1 N–H and O–H groups in total. The third-order valence-electron chi connectivity index (χ3n) is 6.14. The number of halogens is 3. The molecule has 0 saturated heterocycles. The smallest absolute Gasteiger partial charge is 0.264 e. The Hall–Kier alpha value is -3.34. The summed E-state index contributed by atoms with van der Waals surface area (Å²) >= 11 is 12.4. The highest BCUT2D eigenvalue weighted by atomic mass is 35.5. The fourth-order valence-electron chi connectivity index (χ4n) is 4.03. The number of hydrogen-bond donors (Lipinski definition) is 1. The highest BCUT2D eigenvalue weighted by Crippen LogP contribution is 2.27. The van der Waals surface area contributed by atoms with Crippen LogP contribution in [0.25, 0.3) is 0 Å².